The van der Waals surface area contributed by atoms with Crippen LogP contribution in [-0.2, 0) is 11.3 Å². The number of nitrogens with zero attached hydrogens (tertiary/aromatic N) is 1. The first-order valence-electron chi connectivity index (χ1n) is 8.25. The highest BCUT2D eigenvalue weighted by Crippen LogP contribution is 2.18. The molecule has 0 fully saturated rings. The molecule has 1 rings (SSSR count). The van der Waals surface area contributed by atoms with Crippen LogP contribution in [-0.4, -0.2) is 18.1 Å². The average Bonchev–Trinajstić information content (AvgIpc) is 2.50. The van der Waals surface area contributed by atoms with Crippen molar-refractivity contribution in [1.29, 1.82) is 0 Å². The molecule has 4 heteroatoms. The van der Waals surface area contributed by atoms with Crippen molar-refractivity contribution in [1.82, 2.24) is 4.98 Å². The zero-order valence-electron chi connectivity index (χ0n) is 13.5. The van der Waals surface area contributed by atoms with Crippen LogP contribution in [0.4, 0.5) is 5.82 Å². The molecule has 0 amide bonds. The lowest BCUT2D eigenvalue weighted by Crippen LogP contribution is -2.05. The maximum Gasteiger partial charge on any atom is 0.126 e. The van der Waals surface area contributed by atoms with Crippen LogP contribution in [0.1, 0.15) is 64.5 Å². The summed E-state index contributed by atoms with van der Waals surface area (Å²) in [5.41, 5.74) is 0.823. The molecule has 0 aliphatic heterocycles. The summed E-state index contributed by atoms with van der Waals surface area (Å²) in [6.07, 6.45) is 8.74. The monoisotopic (exact) mass is 312 g/mol. The van der Waals surface area contributed by atoms with Gasteiger partial charge in [-0.2, -0.15) is 0 Å². The lowest BCUT2D eigenvalue weighted by molar-refractivity contribution is 0.114. The van der Waals surface area contributed by atoms with Crippen molar-refractivity contribution < 1.29 is 4.74 Å². The largest absolute Gasteiger partial charge is 0.375 e. The van der Waals surface area contributed by atoms with E-state index in [1.165, 1.54) is 32.1 Å². The first-order valence-corrected chi connectivity index (χ1v) is 8.62. The van der Waals surface area contributed by atoms with Crippen LogP contribution in [0.5, 0.6) is 0 Å². The molecule has 1 aromatic heterocycles. The molecule has 0 unspecified atom stereocenters. The molecular weight excluding hydrogens is 284 g/mol. The molecule has 0 bridgehead atoms. The summed E-state index contributed by atoms with van der Waals surface area (Å²) < 4.78 is 5.69. The zero-order chi connectivity index (χ0) is 15.3. The summed E-state index contributed by atoms with van der Waals surface area (Å²) in [5.74, 6) is 0.874. The Morgan fingerprint density at radius 3 is 2.57 bits per heavy atom. The second-order valence-corrected chi connectivity index (χ2v) is 5.78. The molecule has 3 nitrogen and oxygen atoms in total. The van der Waals surface area contributed by atoms with E-state index in [-0.39, 0.29) is 0 Å². The second-order valence-electron chi connectivity index (χ2n) is 5.37. The van der Waals surface area contributed by atoms with Crippen molar-refractivity contribution in [3.63, 3.8) is 0 Å². The van der Waals surface area contributed by atoms with Crippen molar-refractivity contribution in [2.24, 2.45) is 0 Å². The predicted octanol–water partition coefficient (Wildman–Crippen LogP) is 5.43. The minimum atomic E-state index is 0.495. The number of unbranched alkanes of at least 4 members (excludes halogenated alkanes) is 5. The highest BCUT2D eigenvalue weighted by atomic mass is 35.5. The molecule has 0 saturated carbocycles. The predicted molar refractivity (Wildman–Crippen MR) is 91.1 cm³/mol. The molecule has 21 heavy (non-hydrogen) atoms. The lowest BCUT2D eigenvalue weighted by Gasteiger charge is -2.09. The quantitative estimate of drug-likeness (QED) is 0.522. The van der Waals surface area contributed by atoms with Crippen LogP contribution < -0.4 is 5.32 Å². The second kappa shape index (κ2) is 11.8. The highest BCUT2D eigenvalue weighted by Gasteiger charge is 2.04. The third-order valence-electron chi connectivity index (χ3n) is 3.36. The third kappa shape index (κ3) is 8.27. The van der Waals surface area contributed by atoms with E-state index in [1.54, 1.807) is 0 Å². The summed E-state index contributed by atoms with van der Waals surface area (Å²) in [4.78, 5) is 4.50. The van der Waals surface area contributed by atoms with Crippen LogP contribution in [0, 0.1) is 0 Å². The minimum absolute atomic E-state index is 0.495. The van der Waals surface area contributed by atoms with Crippen LogP contribution in [0.15, 0.2) is 12.1 Å². The number of hydrogen-bond donors (Lipinski definition) is 1. The van der Waals surface area contributed by atoms with Crippen molar-refractivity contribution >= 4 is 17.4 Å². The van der Waals surface area contributed by atoms with Gasteiger partial charge < -0.3 is 10.1 Å². The van der Waals surface area contributed by atoms with Gasteiger partial charge in [0.2, 0.25) is 0 Å². The van der Waals surface area contributed by atoms with Gasteiger partial charge in [0.25, 0.3) is 0 Å². The van der Waals surface area contributed by atoms with Gasteiger partial charge in [0.1, 0.15) is 5.82 Å². The third-order valence-corrected chi connectivity index (χ3v) is 3.70. The van der Waals surface area contributed by atoms with Crippen LogP contribution >= 0.6 is 11.6 Å². The summed E-state index contributed by atoms with van der Waals surface area (Å²) in [5, 5.41) is 3.95. The first-order chi connectivity index (χ1) is 10.3. The van der Waals surface area contributed by atoms with Crippen molar-refractivity contribution in [3.8, 4) is 0 Å². The fourth-order valence-electron chi connectivity index (χ4n) is 2.09. The van der Waals surface area contributed by atoms with Gasteiger partial charge in [-0.05, 0) is 25.0 Å². The van der Waals surface area contributed by atoms with Crippen LogP contribution in [0.3, 0.4) is 0 Å². The van der Waals surface area contributed by atoms with Gasteiger partial charge in [0.15, 0.2) is 0 Å². The molecule has 1 N–H and O–H groups in total. The Bertz CT molecular complexity index is 385. The van der Waals surface area contributed by atoms with E-state index in [1.807, 2.05) is 12.1 Å². The van der Waals surface area contributed by atoms with Crippen molar-refractivity contribution in [2.75, 3.05) is 18.5 Å². The van der Waals surface area contributed by atoms with Gasteiger partial charge in [-0.15, -0.1) is 0 Å². The lowest BCUT2D eigenvalue weighted by atomic mass is 10.1. The van der Waals surface area contributed by atoms with Crippen LogP contribution in [0.2, 0.25) is 5.02 Å². The maximum atomic E-state index is 6.16. The summed E-state index contributed by atoms with van der Waals surface area (Å²) in [6, 6.07) is 3.80. The van der Waals surface area contributed by atoms with Gasteiger partial charge in [0.05, 0.1) is 17.3 Å². The molecule has 0 saturated heterocycles. The Morgan fingerprint density at radius 1 is 1.05 bits per heavy atom. The first kappa shape index (κ1) is 18.2. The molecule has 1 aromatic rings. The van der Waals surface area contributed by atoms with E-state index in [2.05, 4.69) is 24.1 Å². The molecule has 0 aliphatic rings. The van der Waals surface area contributed by atoms with E-state index in [0.717, 1.165) is 37.5 Å². The topological polar surface area (TPSA) is 34.1 Å². The summed E-state index contributed by atoms with van der Waals surface area (Å²) in [7, 11) is 0. The number of hydrogen-bond acceptors (Lipinski definition) is 3. The number of pyridine rings is 1. The van der Waals surface area contributed by atoms with E-state index in [0.29, 0.717) is 11.6 Å². The molecular formula is C17H29ClN2O. The van der Waals surface area contributed by atoms with E-state index in [4.69, 9.17) is 16.3 Å². The number of halogens is 1. The van der Waals surface area contributed by atoms with Gasteiger partial charge in [0, 0.05) is 13.2 Å². The average molecular weight is 313 g/mol. The highest BCUT2D eigenvalue weighted by molar-refractivity contribution is 6.31. The van der Waals surface area contributed by atoms with Gasteiger partial charge in [-0.1, -0.05) is 57.6 Å². The van der Waals surface area contributed by atoms with Gasteiger partial charge in [-0.25, -0.2) is 4.98 Å². The Hall–Kier alpha value is -0.800. The van der Waals surface area contributed by atoms with Crippen LogP contribution in [0.25, 0.3) is 0 Å². The van der Waals surface area contributed by atoms with E-state index < -0.39 is 0 Å². The number of rotatable bonds is 12. The summed E-state index contributed by atoms with van der Waals surface area (Å²) >= 11 is 6.16. The number of ether oxygens (including phenoxy) is 1. The SMILES string of the molecule is CCCCCCCCOCc1nc(NCCC)ccc1Cl. The Kier molecular flexibility index (Phi) is 10.3. The Morgan fingerprint density at radius 2 is 1.81 bits per heavy atom. The molecule has 0 aliphatic carbocycles. The Balaban J connectivity index is 2.21. The molecule has 0 aromatic carbocycles. The zero-order valence-corrected chi connectivity index (χ0v) is 14.2. The van der Waals surface area contributed by atoms with Gasteiger partial charge in [-0.3, -0.25) is 0 Å². The minimum Gasteiger partial charge on any atom is -0.375 e. The van der Waals surface area contributed by atoms with Gasteiger partial charge >= 0.3 is 0 Å². The fourth-order valence-corrected chi connectivity index (χ4v) is 2.25. The van der Waals surface area contributed by atoms with E-state index in [9.17, 15) is 0 Å². The molecule has 0 atom stereocenters. The number of nitrogens with one attached hydrogen (secondary N) is 1. The van der Waals surface area contributed by atoms with Crippen molar-refractivity contribution in [2.45, 2.75) is 65.4 Å². The number of anilines is 1. The normalized spacial score (nSPS) is 10.8. The molecule has 1 heterocycles. The smallest absolute Gasteiger partial charge is 0.126 e. The molecule has 120 valence electrons. The molecule has 0 radical (unpaired) electrons. The van der Waals surface area contributed by atoms with Crippen molar-refractivity contribution in [3.05, 3.63) is 22.8 Å². The number of aromatic nitrogens is 1. The van der Waals surface area contributed by atoms with E-state index >= 15 is 0 Å². The fraction of sp³-hybridized carbons (Fsp3) is 0.706. The summed E-state index contributed by atoms with van der Waals surface area (Å²) in [6.45, 7) is 6.58. The molecule has 0 spiro atoms. The standard InChI is InChI=1S/C17H29ClN2O/c1-3-5-6-7-8-9-13-21-14-16-15(18)10-11-17(20-16)19-12-4-2/h10-11H,3-9,12-14H2,1-2H3,(H,19,20). The Labute approximate surface area is 134 Å². The maximum absolute atomic E-state index is 6.16.